The van der Waals surface area contributed by atoms with Crippen LogP contribution in [0, 0.1) is 0 Å². The minimum atomic E-state index is -4.66. The lowest BCUT2D eigenvalue weighted by atomic mass is 10.1. The van der Waals surface area contributed by atoms with Crippen LogP contribution in [0.5, 0.6) is 0 Å². The number of esters is 2. The van der Waals surface area contributed by atoms with Gasteiger partial charge in [-0.05, 0) is 76.7 Å². The van der Waals surface area contributed by atoms with Crippen LogP contribution in [0.25, 0.3) is 0 Å². The van der Waals surface area contributed by atoms with Crippen LogP contribution in [0.1, 0.15) is 181 Å². The molecule has 0 bridgehead atoms. The summed E-state index contributed by atoms with van der Waals surface area (Å²) in [6, 6.07) is 0. The summed E-state index contributed by atoms with van der Waals surface area (Å²) in [5, 5.41) is 0. The maximum Gasteiger partial charge on any atom is 0.306 e. The van der Waals surface area contributed by atoms with Gasteiger partial charge in [0.1, 0.15) is 19.8 Å². The van der Waals surface area contributed by atoms with Crippen LogP contribution in [-0.2, 0) is 37.5 Å². The number of phosphoric acid groups is 1. The quantitative estimate of drug-likeness (QED) is 0.0112. The SMILES string of the molecule is CCCCC/C=C\C=C\C(=O)CCCCCCCC(=O)OC[C@H](COP(=O)([O-])OCC[N+](C)(C)C)OC(=O)CCCCCCCC/C=C\C/C=C\C/C=C\CCCCCC. The summed E-state index contributed by atoms with van der Waals surface area (Å²) in [6.07, 6.45) is 44.9. The topological polar surface area (TPSA) is 128 Å². The van der Waals surface area contributed by atoms with Crippen LogP contribution >= 0.6 is 7.82 Å². The highest BCUT2D eigenvalue weighted by atomic mass is 31.2. The Morgan fingerprint density at radius 2 is 1.05 bits per heavy atom. The molecule has 11 heteroatoms. The summed E-state index contributed by atoms with van der Waals surface area (Å²) in [7, 11) is 1.08. The van der Waals surface area contributed by atoms with Crippen molar-refractivity contribution in [1.29, 1.82) is 0 Å². The van der Waals surface area contributed by atoms with Crippen molar-refractivity contribution in [3.05, 3.63) is 60.8 Å². The second kappa shape index (κ2) is 40.5. The molecule has 346 valence electrons. The van der Waals surface area contributed by atoms with E-state index < -0.39 is 32.5 Å². The molecule has 0 aliphatic carbocycles. The molecule has 0 aliphatic heterocycles. The van der Waals surface area contributed by atoms with Crippen LogP contribution in [0.15, 0.2) is 60.8 Å². The van der Waals surface area contributed by atoms with Crippen molar-refractivity contribution >= 4 is 25.5 Å². The summed E-state index contributed by atoms with van der Waals surface area (Å²) in [5.41, 5.74) is 0. The molecule has 0 saturated carbocycles. The highest BCUT2D eigenvalue weighted by molar-refractivity contribution is 7.45. The van der Waals surface area contributed by atoms with Gasteiger partial charge in [0.05, 0.1) is 27.7 Å². The maximum absolute atomic E-state index is 12.7. The van der Waals surface area contributed by atoms with E-state index in [-0.39, 0.29) is 31.8 Å². The first-order valence-electron chi connectivity index (χ1n) is 23.4. The fourth-order valence-corrected chi connectivity index (χ4v) is 6.72. The lowest BCUT2D eigenvalue weighted by Crippen LogP contribution is -2.37. The molecule has 2 atom stereocenters. The van der Waals surface area contributed by atoms with Crippen molar-refractivity contribution in [2.45, 2.75) is 187 Å². The van der Waals surface area contributed by atoms with Gasteiger partial charge in [0.2, 0.25) is 0 Å². The van der Waals surface area contributed by atoms with E-state index in [9.17, 15) is 23.8 Å². The Bertz CT molecular complexity index is 1270. The number of allylic oxidation sites excluding steroid dienone is 10. The van der Waals surface area contributed by atoms with Crippen molar-refractivity contribution in [3.8, 4) is 0 Å². The number of hydrogen-bond acceptors (Lipinski definition) is 9. The van der Waals surface area contributed by atoms with Crippen molar-refractivity contribution in [3.63, 3.8) is 0 Å². The molecule has 0 rings (SSSR count). The number of carbonyl (C=O) groups is 3. The Morgan fingerprint density at radius 1 is 0.567 bits per heavy atom. The predicted octanol–water partition coefficient (Wildman–Crippen LogP) is 12.2. The smallest absolute Gasteiger partial charge is 0.306 e. The molecular formula is C49H86NO9P. The Hall–Kier alpha value is -2.62. The van der Waals surface area contributed by atoms with Gasteiger partial charge in [-0.3, -0.25) is 18.9 Å². The maximum atomic E-state index is 12.7. The highest BCUT2D eigenvalue weighted by Gasteiger charge is 2.21. The number of phosphoric ester groups is 1. The van der Waals surface area contributed by atoms with Crippen LogP contribution in [0.4, 0.5) is 0 Å². The van der Waals surface area contributed by atoms with Crippen molar-refractivity contribution < 1.29 is 46.8 Å². The Labute approximate surface area is 366 Å². The van der Waals surface area contributed by atoms with E-state index in [2.05, 4.69) is 56.4 Å². The third kappa shape index (κ3) is 43.5. The van der Waals surface area contributed by atoms with Crippen LogP contribution in [0.3, 0.4) is 0 Å². The average molecular weight is 864 g/mol. The van der Waals surface area contributed by atoms with Gasteiger partial charge in [-0.25, -0.2) is 0 Å². The van der Waals surface area contributed by atoms with E-state index >= 15 is 0 Å². The third-order valence-electron chi connectivity index (χ3n) is 9.74. The van der Waals surface area contributed by atoms with Gasteiger partial charge in [0.15, 0.2) is 11.9 Å². The first-order valence-corrected chi connectivity index (χ1v) is 24.9. The summed E-state index contributed by atoms with van der Waals surface area (Å²) in [6.45, 7) is 4.00. The molecule has 0 N–H and O–H groups in total. The Morgan fingerprint density at radius 3 is 1.65 bits per heavy atom. The highest BCUT2D eigenvalue weighted by Crippen LogP contribution is 2.38. The minimum absolute atomic E-state index is 0.0557. The van der Waals surface area contributed by atoms with Crippen LogP contribution in [-0.4, -0.2) is 75.8 Å². The first kappa shape index (κ1) is 57.4. The van der Waals surface area contributed by atoms with Gasteiger partial charge in [-0.1, -0.05) is 146 Å². The van der Waals surface area contributed by atoms with Crippen molar-refractivity contribution in [1.82, 2.24) is 0 Å². The zero-order chi connectivity index (χ0) is 44.4. The van der Waals surface area contributed by atoms with Gasteiger partial charge in [-0.2, -0.15) is 0 Å². The Balaban J connectivity index is 4.43. The number of rotatable bonds is 42. The van der Waals surface area contributed by atoms with Gasteiger partial charge in [0.25, 0.3) is 7.82 Å². The second-order valence-corrected chi connectivity index (χ2v) is 18.2. The van der Waals surface area contributed by atoms with E-state index in [1.165, 1.54) is 51.4 Å². The molecule has 0 aromatic rings. The lowest BCUT2D eigenvalue weighted by molar-refractivity contribution is -0.870. The zero-order valence-electron chi connectivity index (χ0n) is 38.6. The van der Waals surface area contributed by atoms with Gasteiger partial charge in [0, 0.05) is 19.3 Å². The number of quaternary nitrogens is 1. The molecular weight excluding hydrogens is 778 g/mol. The molecule has 0 spiro atoms. The van der Waals surface area contributed by atoms with E-state index in [4.69, 9.17) is 18.5 Å². The number of ether oxygens (including phenoxy) is 2. The third-order valence-corrected chi connectivity index (χ3v) is 10.7. The molecule has 0 amide bonds. The molecule has 60 heavy (non-hydrogen) atoms. The molecule has 0 aliphatic rings. The zero-order valence-corrected chi connectivity index (χ0v) is 39.5. The van der Waals surface area contributed by atoms with Crippen molar-refractivity contribution in [2.75, 3.05) is 47.5 Å². The Kier molecular flexibility index (Phi) is 38.7. The fourth-order valence-electron chi connectivity index (χ4n) is 5.99. The molecule has 0 fully saturated rings. The summed E-state index contributed by atoms with van der Waals surface area (Å²) < 4.78 is 33.8. The molecule has 1 unspecified atom stereocenters. The van der Waals surface area contributed by atoms with Crippen LogP contribution < -0.4 is 4.89 Å². The van der Waals surface area contributed by atoms with E-state index in [0.29, 0.717) is 30.3 Å². The van der Waals surface area contributed by atoms with Gasteiger partial charge >= 0.3 is 11.9 Å². The number of likely N-dealkylation sites (N-methyl/N-ethyl adjacent to an activating group) is 1. The summed E-state index contributed by atoms with van der Waals surface area (Å²) in [4.78, 5) is 49.7. The van der Waals surface area contributed by atoms with E-state index in [1.54, 1.807) is 6.08 Å². The van der Waals surface area contributed by atoms with Crippen molar-refractivity contribution in [2.24, 2.45) is 0 Å². The normalized spacial score (nSPS) is 14.0. The van der Waals surface area contributed by atoms with Crippen LogP contribution in [0.2, 0.25) is 0 Å². The first-order chi connectivity index (χ1) is 28.9. The molecule has 0 heterocycles. The molecule has 0 aromatic heterocycles. The summed E-state index contributed by atoms with van der Waals surface area (Å²) >= 11 is 0. The van der Waals surface area contributed by atoms with Gasteiger partial charge in [-0.15, -0.1) is 0 Å². The fraction of sp³-hybridized carbons (Fsp3) is 0.735. The molecule has 10 nitrogen and oxygen atoms in total. The summed E-state index contributed by atoms with van der Waals surface area (Å²) in [5.74, 6) is -0.824. The number of carbonyl (C=O) groups excluding carboxylic acids is 3. The molecule has 0 radical (unpaired) electrons. The predicted molar refractivity (Wildman–Crippen MR) is 245 cm³/mol. The lowest BCUT2D eigenvalue weighted by Gasteiger charge is -2.28. The van der Waals surface area contributed by atoms with E-state index in [0.717, 1.165) is 83.5 Å². The van der Waals surface area contributed by atoms with E-state index in [1.807, 2.05) is 33.3 Å². The average Bonchev–Trinajstić information content (AvgIpc) is 3.19. The monoisotopic (exact) mass is 864 g/mol. The largest absolute Gasteiger partial charge is 0.756 e. The van der Waals surface area contributed by atoms with Gasteiger partial charge < -0.3 is 27.9 Å². The standard InChI is InChI=1S/C49H86NO9P/c1-6-8-10-12-14-15-16-17-18-19-20-21-22-23-24-25-26-28-32-37-41-49(53)59-47(45-58-60(54,55)57-43-42-50(3,4)5)44-56-48(52)40-36-33-29-31-35-39-46(51)38-34-30-27-13-11-9-7-2/h15-16,18-19,21-22,27,30,34,38,47H,6-14,17,20,23-26,28-29,31-33,35-37,39-45H2,1-5H3/b16-15-,19-18-,22-21-,30-27-,38-34+/t47-/m1/s1. The second-order valence-electron chi connectivity index (χ2n) is 16.8. The minimum Gasteiger partial charge on any atom is -0.756 e. The molecule has 0 aromatic carbocycles. The number of unbranched alkanes of at least 4 members (excludes halogenated alkanes) is 17. The number of ketones is 1. The molecule has 0 saturated heterocycles. The number of nitrogens with zero attached hydrogens (tertiary/aromatic N) is 1. The number of hydrogen-bond donors (Lipinski definition) is 0.